The highest BCUT2D eigenvalue weighted by molar-refractivity contribution is 6.44. The highest BCUT2D eigenvalue weighted by atomic mass is 28.3. The molecule has 0 saturated heterocycles. The summed E-state index contributed by atoms with van der Waals surface area (Å²) >= 11 is 0. The third kappa shape index (κ3) is 3.14. The second-order valence-corrected chi connectivity index (χ2v) is 3.67. The minimum atomic E-state index is -1.30. The molecular weight excluding hydrogens is 122 g/mol. The Hall–Kier alpha value is 0.0969. The van der Waals surface area contributed by atoms with Gasteiger partial charge in [-0.2, -0.15) is 0 Å². The molecule has 0 aliphatic carbocycles. The quantitative estimate of drug-likeness (QED) is 0.515. The molecule has 0 amide bonds. The van der Waals surface area contributed by atoms with Gasteiger partial charge in [-0.25, -0.2) is 0 Å². The van der Waals surface area contributed by atoms with E-state index in [1.807, 2.05) is 7.05 Å². The summed E-state index contributed by atoms with van der Waals surface area (Å²) in [5.41, 5.74) is 0. The lowest BCUT2D eigenvalue weighted by atomic mass is 11.3. The third-order valence-electron chi connectivity index (χ3n) is 0.897. The molecule has 0 aliphatic rings. The SMILES string of the molecule is CNC[SiH](OC)OC. The summed E-state index contributed by atoms with van der Waals surface area (Å²) in [6.45, 7) is 0. The van der Waals surface area contributed by atoms with E-state index in [4.69, 9.17) is 8.85 Å². The van der Waals surface area contributed by atoms with Crippen LogP contribution in [0.1, 0.15) is 0 Å². The molecule has 0 spiro atoms. The van der Waals surface area contributed by atoms with Gasteiger partial charge in [0.15, 0.2) is 0 Å². The highest BCUT2D eigenvalue weighted by Crippen LogP contribution is 1.78. The molecule has 4 heteroatoms. The van der Waals surface area contributed by atoms with Gasteiger partial charge in [-0.15, -0.1) is 0 Å². The van der Waals surface area contributed by atoms with Crippen molar-refractivity contribution in [1.29, 1.82) is 0 Å². The Morgan fingerprint density at radius 2 is 1.88 bits per heavy atom. The Kier molecular flexibility index (Phi) is 5.30. The zero-order valence-corrected chi connectivity index (χ0v) is 6.76. The van der Waals surface area contributed by atoms with Crippen LogP contribution in [0.3, 0.4) is 0 Å². The highest BCUT2D eigenvalue weighted by Gasteiger charge is 2.05. The van der Waals surface area contributed by atoms with E-state index < -0.39 is 9.28 Å². The van der Waals surface area contributed by atoms with E-state index in [1.54, 1.807) is 14.2 Å². The third-order valence-corrected chi connectivity index (χ3v) is 2.69. The van der Waals surface area contributed by atoms with E-state index in [2.05, 4.69) is 5.32 Å². The number of rotatable bonds is 4. The summed E-state index contributed by atoms with van der Waals surface area (Å²) in [5.74, 6) is 0. The van der Waals surface area contributed by atoms with Gasteiger partial charge in [0.25, 0.3) is 0 Å². The lowest BCUT2D eigenvalue weighted by molar-refractivity contribution is 0.276. The number of nitrogens with one attached hydrogen (secondary N) is 1. The molecule has 1 N–H and O–H groups in total. The Morgan fingerprint density at radius 1 is 1.38 bits per heavy atom. The second-order valence-electron chi connectivity index (χ2n) is 1.46. The van der Waals surface area contributed by atoms with Gasteiger partial charge in [-0.3, -0.25) is 0 Å². The molecule has 50 valence electrons. The standard InChI is InChI=1S/C4H13NO2Si/c1-5-4-8(6-2)7-3/h5,8H,4H2,1-3H3. The number of hydrogen-bond donors (Lipinski definition) is 1. The van der Waals surface area contributed by atoms with Crippen LogP contribution in [0.25, 0.3) is 0 Å². The Balaban J connectivity index is 3.07. The van der Waals surface area contributed by atoms with Crippen molar-refractivity contribution in [2.24, 2.45) is 0 Å². The molecule has 0 fully saturated rings. The average molecular weight is 135 g/mol. The van der Waals surface area contributed by atoms with Gasteiger partial charge in [-0.1, -0.05) is 0 Å². The van der Waals surface area contributed by atoms with Crippen LogP contribution in [0, 0.1) is 0 Å². The van der Waals surface area contributed by atoms with Crippen molar-refractivity contribution < 1.29 is 8.85 Å². The fourth-order valence-corrected chi connectivity index (χ4v) is 1.29. The first-order valence-corrected chi connectivity index (χ1v) is 4.31. The van der Waals surface area contributed by atoms with E-state index in [0.717, 1.165) is 6.17 Å². The predicted octanol–water partition coefficient (Wildman–Crippen LogP) is -0.742. The van der Waals surface area contributed by atoms with Crippen molar-refractivity contribution in [3.8, 4) is 0 Å². The summed E-state index contributed by atoms with van der Waals surface area (Å²) in [6.07, 6.45) is 0.868. The van der Waals surface area contributed by atoms with Crippen molar-refractivity contribution in [3.63, 3.8) is 0 Å². The Bertz CT molecular complexity index is 49.3. The van der Waals surface area contributed by atoms with Crippen LogP contribution in [0.15, 0.2) is 0 Å². The van der Waals surface area contributed by atoms with Crippen molar-refractivity contribution in [3.05, 3.63) is 0 Å². The fraction of sp³-hybridized carbons (Fsp3) is 1.00. The summed E-state index contributed by atoms with van der Waals surface area (Å²) in [6, 6.07) is 0. The first kappa shape index (κ1) is 8.10. The lowest BCUT2D eigenvalue weighted by Gasteiger charge is -2.08. The summed E-state index contributed by atoms with van der Waals surface area (Å²) in [5, 5.41) is 2.98. The molecular formula is C4H13NO2Si. The predicted molar refractivity (Wildman–Crippen MR) is 35.1 cm³/mol. The molecule has 0 aromatic heterocycles. The second kappa shape index (κ2) is 5.24. The van der Waals surface area contributed by atoms with E-state index in [0.29, 0.717) is 0 Å². The Morgan fingerprint density at radius 3 is 2.00 bits per heavy atom. The maximum atomic E-state index is 4.99. The smallest absolute Gasteiger partial charge is 0.335 e. The minimum absolute atomic E-state index is 0.868. The van der Waals surface area contributed by atoms with Gasteiger partial charge >= 0.3 is 9.28 Å². The lowest BCUT2D eigenvalue weighted by Crippen LogP contribution is -2.32. The minimum Gasteiger partial charge on any atom is -0.399 e. The Labute approximate surface area is 51.8 Å². The van der Waals surface area contributed by atoms with Crippen LogP contribution in [0.4, 0.5) is 0 Å². The van der Waals surface area contributed by atoms with E-state index in [1.165, 1.54) is 0 Å². The largest absolute Gasteiger partial charge is 0.399 e. The molecule has 0 unspecified atom stereocenters. The van der Waals surface area contributed by atoms with Crippen LogP contribution in [-0.4, -0.2) is 36.7 Å². The van der Waals surface area contributed by atoms with Gasteiger partial charge in [0, 0.05) is 20.4 Å². The van der Waals surface area contributed by atoms with E-state index in [9.17, 15) is 0 Å². The number of hydrogen-bond acceptors (Lipinski definition) is 3. The summed E-state index contributed by atoms with van der Waals surface area (Å²) in [4.78, 5) is 0. The zero-order valence-electron chi connectivity index (χ0n) is 5.60. The molecule has 0 saturated carbocycles. The first-order chi connectivity index (χ1) is 3.85. The molecule has 3 nitrogen and oxygen atoms in total. The van der Waals surface area contributed by atoms with Crippen molar-refractivity contribution in [2.75, 3.05) is 27.4 Å². The molecule has 0 heterocycles. The summed E-state index contributed by atoms with van der Waals surface area (Å²) < 4.78 is 9.99. The topological polar surface area (TPSA) is 30.5 Å². The maximum absolute atomic E-state index is 4.99. The average Bonchev–Trinajstić information content (AvgIpc) is 1.83. The van der Waals surface area contributed by atoms with E-state index >= 15 is 0 Å². The molecule has 0 radical (unpaired) electrons. The van der Waals surface area contributed by atoms with Crippen molar-refractivity contribution >= 4 is 9.28 Å². The molecule has 0 rings (SSSR count). The normalized spacial score (nSPS) is 10.5. The monoisotopic (exact) mass is 135 g/mol. The molecule has 0 atom stereocenters. The maximum Gasteiger partial charge on any atom is 0.335 e. The van der Waals surface area contributed by atoms with Crippen molar-refractivity contribution in [2.45, 2.75) is 0 Å². The molecule has 0 aliphatic heterocycles. The molecule has 8 heavy (non-hydrogen) atoms. The van der Waals surface area contributed by atoms with Gasteiger partial charge in [0.2, 0.25) is 0 Å². The van der Waals surface area contributed by atoms with Crippen LogP contribution in [-0.2, 0) is 8.85 Å². The first-order valence-electron chi connectivity index (χ1n) is 2.55. The van der Waals surface area contributed by atoms with Crippen LogP contribution < -0.4 is 5.32 Å². The molecule has 0 aromatic rings. The zero-order chi connectivity index (χ0) is 6.41. The van der Waals surface area contributed by atoms with Crippen LogP contribution in [0.2, 0.25) is 0 Å². The van der Waals surface area contributed by atoms with Gasteiger partial charge in [0.1, 0.15) is 0 Å². The van der Waals surface area contributed by atoms with Gasteiger partial charge in [-0.05, 0) is 7.05 Å². The van der Waals surface area contributed by atoms with Gasteiger partial charge < -0.3 is 14.2 Å². The summed E-state index contributed by atoms with van der Waals surface area (Å²) in [7, 11) is 3.94. The van der Waals surface area contributed by atoms with E-state index in [-0.39, 0.29) is 0 Å². The molecule has 0 aromatic carbocycles. The fourth-order valence-electron chi connectivity index (χ4n) is 0.430. The van der Waals surface area contributed by atoms with Crippen LogP contribution in [0.5, 0.6) is 0 Å². The van der Waals surface area contributed by atoms with Crippen LogP contribution >= 0.6 is 0 Å². The molecule has 0 bridgehead atoms. The van der Waals surface area contributed by atoms with Gasteiger partial charge in [0.05, 0.1) is 0 Å². The van der Waals surface area contributed by atoms with Crippen molar-refractivity contribution in [1.82, 2.24) is 5.32 Å².